The van der Waals surface area contributed by atoms with E-state index in [-0.39, 0.29) is 0 Å². The van der Waals surface area contributed by atoms with Gasteiger partial charge in [0, 0.05) is 6.54 Å². The number of imidazole rings is 1. The van der Waals surface area contributed by atoms with E-state index in [0.29, 0.717) is 12.5 Å². The van der Waals surface area contributed by atoms with E-state index < -0.39 is 0 Å². The molecule has 2 N–H and O–H groups in total. The fraction of sp³-hybridized carbons (Fsp3) is 0.316. The lowest BCUT2D eigenvalue weighted by Gasteiger charge is -2.09. The van der Waals surface area contributed by atoms with Crippen molar-refractivity contribution in [3.63, 3.8) is 0 Å². The maximum absolute atomic E-state index is 5.91. The van der Waals surface area contributed by atoms with Crippen LogP contribution in [0.1, 0.15) is 42.3 Å². The molecule has 3 nitrogen and oxygen atoms in total. The zero-order chi connectivity index (χ0) is 15.7. The van der Waals surface area contributed by atoms with Gasteiger partial charge in [-0.2, -0.15) is 0 Å². The predicted molar refractivity (Wildman–Crippen MR) is 92.0 cm³/mol. The second kappa shape index (κ2) is 5.93. The Morgan fingerprint density at radius 1 is 1.09 bits per heavy atom. The number of aromatic nitrogens is 2. The highest BCUT2D eigenvalue weighted by Gasteiger charge is 2.11. The van der Waals surface area contributed by atoms with E-state index in [0.717, 1.165) is 23.4 Å². The third-order valence-electron chi connectivity index (χ3n) is 4.16. The molecular weight excluding hydrogens is 270 g/mol. The number of hydrogen-bond donors (Lipinski definition) is 1. The van der Waals surface area contributed by atoms with Crippen LogP contribution in [0.15, 0.2) is 42.5 Å². The molecule has 0 aliphatic carbocycles. The van der Waals surface area contributed by atoms with Gasteiger partial charge in [-0.1, -0.05) is 49.7 Å². The van der Waals surface area contributed by atoms with Crippen LogP contribution in [-0.4, -0.2) is 9.55 Å². The van der Waals surface area contributed by atoms with Crippen LogP contribution >= 0.6 is 0 Å². The largest absolute Gasteiger partial charge is 0.324 e. The molecule has 3 rings (SSSR count). The van der Waals surface area contributed by atoms with Crippen LogP contribution < -0.4 is 5.73 Å². The minimum absolute atomic E-state index is 0.456. The van der Waals surface area contributed by atoms with Gasteiger partial charge < -0.3 is 10.3 Å². The molecule has 0 saturated carbocycles. The van der Waals surface area contributed by atoms with Gasteiger partial charge in [0.05, 0.1) is 17.6 Å². The van der Waals surface area contributed by atoms with Crippen molar-refractivity contribution in [1.29, 1.82) is 0 Å². The van der Waals surface area contributed by atoms with Gasteiger partial charge in [-0.05, 0) is 36.1 Å². The van der Waals surface area contributed by atoms with Gasteiger partial charge in [-0.25, -0.2) is 4.98 Å². The molecule has 0 bridgehead atoms. The fourth-order valence-electron chi connectivity index (χ4n) is 2.76. The number of aryl methyl sites for hydroxylation is 1. The summed E-state index contributed by atoms with van der Waals surface area (Å²) in [7, 11) is 0. The number of fused-ring (bicyclic) bond motifs is 1. The number of nitrogens with two attached hydrogens (primary N) is 1. The van der Waals surface area contributed by atoms with Crippen molar-refractivity contribution < 1.29 is 0 Å². The first-order valence-electron chi connectivity index (χ1n) is 7.83. The van der Waals surface area contributed by atoms with Crippen LogP contribution in [0.4, 0.5) is 0 Å². The molecule has 0 unspecified atom stereocenters. The Kier molecular flexibility index (Phi) is 3.99. The third-order valence-corrected chi connectivity index (χ3v) is 4.16. The van der Waals surface area contributed by atoms with Crippen molar-refractivity contribution in [2.24, 2.45) is 5.73 Å². The highest BCUT2D eigenvalue weighted by atomic mass is 15.1. The Balaban J connectivity index is 2.05. The molecular formula is C19H23N3. The quantitative estimate of drug-likeness (QED) is 0.791. The molecule has 2 aromatic carbocycles. The van der Waals surface area contributed by atoms with E-state index in [1.165, 1.54) is 16.7 Å². The molecule has 0 atom stereocenters. The molecule has 0 fully saturated rings. The van der Waals surface area contributed by atoms with Crippen LogP contribution in [0.3, 0.4) is 0 Å². The Hall–Kier alpha value is -2.13. The molecule has 0 amide bonds. The molecule has 0 spiro atoms. The minimum Gasteiger partial charge on any atom is -0.324 e. The van der Waals surface area contributed by atoms with E-state index in [1.54, 1.807) is 0 Å². The number of rotatable bonds is 4. The average molecular weight is 293 g/mol. The fourth-order valence-corrected chi connectivity index (χ4v) is 2.76. The topological polar surface area (TPSA) is 43.8 Å². The first-order chi connectivity index (χ1) is 10.6. The summed E-state index contributed by atoms with van der Waals surface area (Å²) >= 11 is 0. The molecule has 0 saturated heterocycles. The third kappa shape index (κ3) is 2.77. The van der Waals surface area contributed by atoms with Crippen LogP contribution in [0.5, 0.6) is 0 Å². The lowest BCUT2D eigenvalue weighted by molar-refractivity contribution is 0.743. The number of hydrogen-bond acceptors (Lipinski definition) is 2. The van der Waals surface area contributed by atoms with E-state index in [1.807, 2.05) is 0 Å². The SMILES string of the molecule is Cc1ccc(Cn2c(CN)nc3cc(C(C)C)ccc32)cc1. The maximum Gasteiger partial charge on any atom is 0.123 e. The van der Waals surface area contributed by atoms with E-state index in [9.17, 15) is 0 Å². The lowest BCUT2D eigenvalue weighted by Crippen LogP contribution is -2.09. The van der Waals surface area contributed by atoms with E-state index in [4.69, 9.17) is 10.7 Å². The van der Waals surface area contributed by atoms with Crippen molar-refractivity contribution in [1.82, 2.24) is 9.55 Å². The van der Waals surface area contributed by atoms with Gasteiger partial charge in [-0.15, -0.1) is 0 Å². The second-order valence-corrected chi connectivity index (χ2v) is 6.21. The summed E-state index contributed by atoms with van der Waals surface area (Å²) in [4.78, 5) is 4.73. The van der Waals surface area contributed by atoms with E-state index in [2.05, 4.69) is 67.8 Å². The second-order valence-electron chi connectivity index (χ2n) is 6.21. The Morgan fingerprint density at radius 3 is 2.45 bits per heavy atom. The predicted octanol–water partition coefficient (Wildman–Crippen LogP) is 3.98. The highest BCUT2D eigenvalue weighted by Crippen LogP contribution is 2.23. The monoisotopic (exact) mass is 293 g/mol. The molecule has 1 aromatic heterocycles. The first-order valence-corrected chi connectivity index (χ1v) is 7.83. The Morgan fingerprint density at radius 2 is 1.82 bits per heavy atom. The smallest absolute Gasteiger partial charge is 0.123 e. The van der Waals surface area contributed by atoms with Crippen LogP contribution in [0.2, 0.25) is 0 Å². The summed E-state index contributed by atoms with van der Waals surface area (Å²) < 4.78 is 2.23. The standard InChI is InChI=1S/C19H23N3/c1-13(2)16-8-9-18-17(10-16)21-19(11-20)22(18)12-15-6-4-14(3)5-7-15/h4-10,13H,11-12,20H2,1-3H3. The van der Waals surface area contributed by atoms with Crippen LogP contribution in [0.25, 0.3) is 11.0 Å². The minimum atomic E-state index is 0.456. The first kappa shape index (κ1) is 14.8. The average Bonchev–Trinajstić information content (AvgIpc) is 2.86. The molecule has 0 aliphatic rings. The Labute approximate surface area is 131 Å². The molecule has 1 heterocycles. The van der Waals surface area contributed by atoms with Gasteiger partial charge >= 0.3 is 0 Å². The zero-order valence-corrected chi connectivity index (χ0v) is 13.5. The van der Waals surface area contributed by atoms with E-state index >= 15 is 0 Å². The maximum atomic E-state index is 5.91. The summed E-state index contributed by atoms with van der Waals surface area (Å²) in [6.07, 6.45) is 0. The van der Waals surface area contributed by atoms with Crippen molar-refractivity contribution in [3.8, 4) is 0 Å². The van der Waals surface area contributed by atoms with Gasteiger partial charge in [-0.3, -0.25) is 0 Å². The molecule has 3 aromatic rings. The number of benzene rings is 2. The van der Waals surface area contributed by atoms with Gasteiger partial charge in [0.2, 0.25) is 0 Å². The molecule has 0 radical (unpaired) electrons. The van der Waals surface area contributed by atoms with Crippen molar-refractivity contribution in [3.05, 3.63) is 65.0 Å². The molecule has 0 aliphatic heterocycles. The summed E-state index contributed by atoms with van der Waals surface area (Å²) in [5, 5.41) is 0. The molecule has 22 heavy (non-hydrogen) atoms. The van der Waals surface area contributed by atoms with Gasteiger partial charge in [0.15, 0.2) is 0 Å². The van der Waals surface area contributed by atoms with Gasteiger partial charge in [0.1, 0.15) is 5.82 Å². The van der Waals surface area contributed by atoms with Crippen molar-refractivity contribution in [2.45, 2.75) is 39.8 Å². The lowest BCUT2D eigenvalue weighted by atomic mass is 10.0. The molecule has 3 heteroatoms. The summed E-state index contributed by atoms with van der Waals surface area (Å²) in [5.74, 6) is 1.45. The van der Waals surface area contributed by atoms with Gasteiger partial charge in [0.25, 0.3) is 0 Å². The summed E-state index contributed by atoms with van der Waals surface area (Å²) in [6.45, 7) is 7.78. The number of nitrogens with zero attached hydrogens (tertiary/aromatic N) is 2. The summed E-state index contributed by atoms with van der Waals surface area (Å²) in [5.41, 5.74) is 12.0. The summed E-state index contributed by atoms with van der Waals surface area (Å²) in [6, 6.07) is 15.2. The Bertz CT molecular complexity index is 782. The van der Waals surface area contributed by atoms with Crippen molar-refractivity contribution >= 4 is 11.0 Å². The van der Waals surface area contributed by atoms with Crippen LogP contribution in [-0.2, 0) is 13.1 Å². The zero-order valence-electron chi connectivity index (χ0n) is 13.5. The van der Waals surface area contributed by atoms with Crippen LogP contribution in [0, 0.1) is 6.92 Å². The molecule has 114 valence electrons. The highest BCUT2D eigenvalue weighted by molar-refractivity contribution is 5.77. The van der Waals surface area contributed by atoms with Crippen molar-refractivity contribution in [2.75, 3.05) is 0 Å². The normalized spacial score (nSPS) is 11.5.